The topological polar surface area (TPSA) is 38.3 Å². The van der Waals surface area contributed by atoms with Crippen molar-refractivity contribution in [2.45, 2.75) is 45.1 Å². The smallest absolute Gasteiger partial charge is 0.220 e. The molecule has 0 bridgehead atoms. The first kappa shape index (κ1) is 9.97. The van der Waals surface area contributed by atoms with Gasteiger partial charge in [-0.15, -0.1) is 0 Å². The highest BCUT2D eigenvalue weighted by Crippen LogP contribution is 2.40. The highest BCUT2D eigenvalue weighted by atomic mass is 16.5. The van der Waals surface area contributed by atoms with Gasteiger partial charge in [0.25, 0.3) is 0 Å². The molecule has 1 N–H and O–H groups in total. The van der Waals surface area contributed by atoms with Crippen molar-refractivity contribution in [2.24, 2.45) is 5.41 Å². The van der Waals surface area contributed by atoms with Crippen LogP contribution in [0.4, 0.5) is 0 Å². The number of nitrogens with one attached hydrogen (secondary N) is 1. The molecule has 1 spiro atoms. The lowest BCUT2D eigenvalue weighted by Gasteiger charge is -2.36. The van der Waals surface area contributed by atoms with E-state index in [1.54, 1.807) is 0 Å². The van der Waals surface area contributed by atoms with E-state index < -0.39 is 0 Å². The molecule has 0 saturated carbocycles. The third-order valence-electron chi connectivity index (χ3n) is 3.45. The van der Waals surface area contributed by atoms with Crippen molar-refractivity contribution in [3.8, 4) is 0 Å². The van der Waals surface area contributed by atoms with Crippen LogP contribution >= 0.6 is 0 Å². The molecule has 0 aromatic heterocycles. The van der Waals surface area contributed by atoms with E-state index >= 15 is 0 Å². The van der Waals surface area contributed by atoms with E-state index in [9.17, 15) is 4.79 Å². The predicted molar refractivity (Wildman–Crippen MR) is 53.9 cm³/mol. The van der Waals surface area contributed by atoms with Crippen molar-refractivity contribution < 1.29 is 9.53 Å². The van der Waals surface area contributed by atoms with E-state index in [-0.39, 0.29) is 11.3 Å². The second kappa shape index (κ2) is 3.89. The minimum Gasteiger partial charge on any atom is -0.378 e. The van der Waals surface area contributed by atoms with Gasteiger partial charge in [-0.3, -0.25) is 4.79 Å². The van der Waals surface area contributed by atoms with Crippen molar-refractivity contribution in [2.75, 3.05) is 13.2 Å². The molecule has 0 aromatic rings. The normalized spacial score (nSPS) is 37.5. The van der Waals surface area contributed by atoms with Gasteiger partial charge in [0, 0.05) is 25.0 Å². The quantitative estimate of drug-likeness (QED) is 0.728. The summed E-state index contributed by atoms with van der Waals surface area (Å²) in [7, 11) is 0. The zero-order valence-corrected chi connectivity index (χ0v) is 8.84. The zero-order chi connectivity index (χ0) is 10.0. The molecule has 2 fully saturated rings. The lowest BCUT2D eigenvalue weighted by molar-refractivity contribution is -0.120. The van der Waals surface area contributed by atoms with Crippen LogP contribution in [0.2, 0.25) is 0 Å². The van der Waals surface area contributed by atoms with E-state index in [1.165, 1.54) is 6.42 Å². The van der Waals surface area contributed by atoms with Gasteiger partial charge in [-0.1, -0.05) is 13.3 Å². The first-order chi connectivity index (χ1) is 6.74. The second-order valence-electron chi connectivity index (χ2n) is 4.69. The Kier molecular flexibility index (Phi) is 2.77. The summed E-state index contributed by atoms with van der Waals surface area (Å²) in [5.74, 6) is 0.224. The van der Waals surface area contributed by atoms with Crippen molar-refractivity contribution in [3.63, 3.8) is 0 Å². The first-order valence-corrected chi connectivity index (χ1v) is 5.62. The molecule has 2 aliphatic heterocycles. The molecule has 2 aliphatic rings. The van der Waals surface area contributed by atoms with Gasteiger partial charge in [0.15, 0.2) is 0 Å². The van der Waals surface area contributed by atoms with Crippen molar-refractivity contribution in [1.82, 2.24) is 5.32 Å². The van der Waals surface area contributed by atoms with E-state index in [4.69, 9.17) is 4.74 Å². The molecule has 2 atom stereocenters. The van der Waals surface area contributed by atoms with Crippen LogP contribution in [0.15, 0.2) is 0 Å². The Morgan fingerprint density at radius 1 is 1.64 bits per heavy atom. The van der Waals surface area contributed by atoms with Crippen LogP contribution in [-0.2, 0) is 9.53 Å². The van der Waals surface area contributed by atoms with E-state index in [0.29, 0.717) is 6.10 Å². The van der Waals surface area contributed by atoms with Gasteiger partial charge < -0.3 is 10.1 Å². The average Bonchev–Trinajstić information content (AvgIpc) is 2.48. The average molecular weight is 197 g/mol. The van der Waals surface area contributed by atoms with Crippen LogP contribution in [0.3, 0.4) is 0 Å². The van der Waals surface area contributed by atoms with Crippen LogP contribution in [-0.4, -0.2) is 25.2 Å². The van der Waals surface area contributed by atoms with E-state index in [2.05, 4.69) is 12.2 Å². The standard InChI is InChI=1S/C11H19NO2/c1-2-3-9-6-11(4-5-14-9)7-10(13)12-8-11/h9H,2-8H2,1H3,(H,12,13). The molecular weight excluding hydrogens is 178 g/mol. The molecule has 3 heteroatoms. The molecular formula is C11H19NO2. The van der Waals surface area contributed by atoms with Crippen LogP contribution in [0.25, 0.3) is 0 Å². The van der Waals surface area contributed by atoms with Gasteiger partial charge >= 0.3 is 0 Å². The molecule has 0 aliphatic carbocycles. The van der Waals surface area contributed by atoms with Crippen LogP contribution in [0, 0.1) is 5.41 Å². The molecule has 80 valence electrons. The number of hydrogen-bond donors (Lipinski definition) is 1. The van der Waals surface area contributed by atoms with Gasteiger partial charge in [0.2, 0.25) is 5.91 Å². The van der Waals surface area contributed by atoms with Gasteiger partial charge in [-0.05, 0) is 19.3 Å². The minimum atomic E-state index is 0.224. The van der Waals surface area contributed by atoms with Crippen LogP contribution in [0.1, 0.15) is 39.0 Å². The Balaban J connectivity index is 1.96. The highest BCUT2D eigenvalue weighted by molar-refractivity contribution is 5.79. The fourth-order valence-electron chi connectivity index (χ4n) is 2.67. The van der Waals surface area contributed by atoms with E-state index in [1.807, 2.05) is 0 Å². The van der Waals surface area contributed by atoms with Crippen molar-refractivity contribution >= 4 is 5.91 Å². The Morgan fingerprint density at radius 2 is 2.50 bits per heavy atom. The summed E-state index contributed by atoms with van der Waals surface area (Å²) in [5.41, 5.74) is 0.231. The van der Waals surface area contributed by atoms with Gasteiger partial charge in [-0.2, -0.15) is 0 Å². The first-order valence-electron chi connectivity index (χ1n) is 5.62. The Morgan fingerprint density at radius 3 is 3.14 bits per heavy atom. The largest absolute Gasteiger partial charge is 0.378 e. The summed E-state index contributed by atoms with van der Waals surface area (Å²) in [5, 5.41) is 2.95. The SMILES string of the molecule is CCCC1CC2(CCO1)CNC(=O)C2. The third kappa shape index (κ3) is 1.92. The summed E-state index contributed by atoms with van der Waals surface area (Å²) in [6.45, 7) is 3.89. The summed E-state index contributed by atoms with van der Waals surface area (Å²) in [4.78, 5) is 11.2. The fourth-order valence-corrected chi connectivity index (χ4v) is 2.67. The Bertz CT molecular complexity index is 227. The highest BCUT2D eigenvalue weighted by Gasteiger charge is 2.42. The molecule has 0 aromatic carbocycles. The molecule has 1 amide bonds. The monoisotopic (exact) mass is 197 g/mol. The second-order valence-corrected chi connectivity index (χ2v) is 4.69. The van der Waals surface area contributed by atoms with Crippen LogP contribution in [0.5, 0.6) is 0 Å². The maximum Gasteiger partial charge on any atom is 0.220 e. The van der Waals surface area contributed by atoms with E-state index in [0.717, 1.165) is 38.8 Å². The number of hydrogen-bond acceptors (Lipinski definition) is 2. The molecule has 2 rings (SSSR count). The maximum absolute atomic E-state index is 11.2. The number of carbonyl (C=O) groups excluding carboxylic acids is 1. The maximum atomic E-state index is 11.2. The number of ether oxygens (including phenoxy) is 1. The summed E-state index contributed by atoms with van der Waals surface area (Å²) < 4.78 is 5.70. The lowest BCUT2D eigenvalue weighted by atomic mass is 9.76. The summed E-state index contributed by atoms with van der Waals surface area (Å²) >= 11 is 0. The van der Waals surface area contributed by atoms with Crippen molar-refractivity contribution in [3.05, 3.63) is 0 Å². The van der Waals surface area contributed by atoms with Gasteiger partial charge in [-0.25, -0.2) is 0 Å². The molecule has 2 unspecified atom stereocenters. The molecule has 0 radical (unpaired) electrons. The summed E-state index contributed by atoms with van der Waals surface area (Å²) in [6, 6.07) is 0. The van der Waals surface area contributed by atoms with Crippen molar-refractivity contribution in [1.29, 1.82) is 0 Å². The third-order valence-corrected chi connectivity index (χ3v) is 3.45. The zero-order valence-electron chi connectivity index (χ0n) is 8.84. The Hall–Kier alpha value is -0.570. The lowest BCUT2D eigenvalue weighted by Crippen LogP contribution is -2.36. The minimum absolute atomic E-state index is 0.224. The number of amides is 1. The van der Waals surface area contributed by atoms with Gasteiger partial charge in [0.1, 0.15) is 0 Å². The predicted octanol–water partition coefficient (Wildman–Crippen LogP) is 1.47. The molecule has 2 heterocycles. The number of carbonyl (C=O) groups is 1. The van der Waals surface area contributed by atoms with Gasteiger partial charge in [0.05, 0.1) is 6.10 Å². The van der Waals surface area contributed by atoms with Crippen LogP contribution < -0.4 is 5.32 Å². The molecule has 14 heavy (non-hydrogen) atoms. The summed E-state index contributed by atoms with van der Waals surface area (Å²) in [6.07, 6.45) is 5.53. The number of rotatable bonds is 2. The molecule has 3 nitrogen and oxygen atoms in total. The Labute approximate surface area is 85.2 Å². The fraction of sp³-hybridized carbons (Fsp3) is 0.909. The molecule has 2 saturated heterocycles.